The van der Waals surface area contributed by atoms with Crippen LogP contribution in [0.3, 0.4) is 0 Å². The number of hydrogen-bond donors (Lipinski definition) is 1. The molecule has 1 N–H and O–H groups in total. The third-order valence-corrected chi connectivity index (χ3v) is 9.75. The maximum Gasteiger partial charge on any atom is 0.0594 e. The Balaban J connectivity index is 1.64. The van der Waals surface area contributed by atoms with Crippen molar-refractivity contribution < 1.29 is 5.11 Å². The minimum atomic E-state index is -0.121. The number of fused-ring (bicyclic) bond motifs is 3. The monoisotopic (exact) mass is 412 g/mol. The summed E-state index contributed by atoms with van der Waals surface area (Å²) in [7, 11) is 0. The quantitative estimate of drug-likeness (QED) is 0.435. The summed E-state index contributed by atoms with van der Waals surface area (Å²) in [5, 5.41) is 10.7. The Labute approximate surface area is 187 Å². The van der Waals surface area contributed by atoms with Gasteiger partial charge in [0, 0.05) is 0 Å². The average Bonchev–Trinajstić information content (AvgIpc) is 3.00. The molecule has 0 spiro atoms. The highest BCUT2D eigenvalue weighted by molar-refractivity contribution is 5.16. The van der Waals surface area contributed by atoms with Gasteiger partial charge in [0.15, 0.2) is 0 Å². The molecular weight excluding hydrogens is 364 g/mol. The van der Waals surface area contributed by atoms with Gasteiger partial charge in [-0.1, -0.05) is 63.1 Å². The third kappa shape index (κ3) is 4.38. The van der Waals surface area contributed by atoms with E-state index in [9.17, 15) is 5.11 Å². The summed E-state index contributed by atoms with van der Waals surface area (Å²) in [5.41, 5.74) is 3.85. The van der Waals surface area contributed by atoms with Crippen LogP contribution in [0.15, 0.2) is 35.5 Å². The Morgan fingerprint density at radius 2 is 1.57 bits per heavy atom. The zero-order valence-electron chi connectivity index (χ0n) is 20.9. The van der Waals surface area contributed by atoms with Crippen molar-refractivity contribution in [2.75, 3.05) is 0 Å². The van der Waals surface area contributed by atoms with Gasteiger partial charge >= 0.3 is 0 Å². The van der Waals surface area contributed by atoms with Crippen molar-refractivity contribution in [1.29, 1.82) is 0 Å². The molecule has 0 aromatic heterocycles. The summed E-state index contributed by atoms with van der Waals surface area (Å²) in [5.74, 6) is 2.21. The van der Waals surface area contributed by atoms with E-state index in [1.807, 2.05) is 0 Å². The van der Waals surface area contributed by atoms with Gasteiger partial charge in [0.1, 0.15) is 0 Å². The molecule has 1 nitrogen and oxygen atoms in total. The molecule has 0 amide bonds. The van der Waals surface area contributed by atoms with E-state index in [0.29, 0.717) is 16.7 Å². The summed E-state index contributed by atoms with van der Waals surface area (Å²) in [4.78, 5) is 0. The Morgan fingerprint density at radius 3 is 2.27 bits per heavy atom. The SMILES string of the molecule is CC(C)=CCC/C(C)=C/C/C=C\[C@@H]1CC[C@@H]2[C@]1(C)CC[C@H]1C(C)(C)[C@@H](O)CC[C@]21C. The lowest BCUT2D eigenvalue weighted by Crippen LogP contribution is -2.58. The summed E-state index contributed by atoms with van der Waals surface area (Å²) in [6.07, 6.45) is 20.7. The molecule has 0 heterocycles. The van der Waals surface area contributed by atoms with E-state index >= 15 is 0 Å². The first-order valence-electron chi connectivity index (χ1n) is 12.7. The molecular formula is C29H48O. The van der Waals surface area contributed by atoms with Gasteiger partial charge in [0.2, 0.25) is 0 Å². The maximum absolute atomic E-state index is 10.7. The van der Waals surface area contributed by atoms with Crippen molar-refractivity contribution in [3.8, 4) is 0 Å². The molecule has 3 fully saturated rings. The second kappa shape index (κ2) is 8.97. The fourth-order valence-corrected chi connectivity index (χ4v) is 7.88. The molecule has 170 valence electrons. The van der Waals surface area contributed by atoms with Crippen molar-refractivity contribution in [2.45, 2.75) is 112 Å². The Hall–Kier alpha value is -0.820. The van der Waals surface area contributed by atoms with Gasteiger partial charge in [0.25, 0.3) is 0 Å². The van der Waals surface area contributed by atoms with E-state index in [-0.39, 0.29) is 11.5 Å². The predicted octanol–water partition coefficient (Wildman–Crippen LogP) is 8.26. The first kappa shape index (κ1) is 23.8. The molecule has 6 atom stereocenters. The van der Waals surface area contributed by atoms with Gasteiger partial charge < -0.3 is 5.11 Å². The summed E-state index contributed by atoms with van der Waals surface area (Å²) >= 11 is 0. The first-order valence-corrected chi connectivity index (χ1v) is 12.7. The van der Waals surface area contributed by atoms with E-state index in [0.717, 1.165) is 24.7 Å². The molecule has 0 unspecified atom stereocenters. The maximum atomic E-state index is 10.7. The zero-order valence-corrected chi connectivity index (χ0v) is 20.9. The molecule has 3 aliphatic carbocycles. The van der Waals surface area contributed by atoms with Crippen molar-refractivity contribution in [1.82, 2.24) is 0 Å². The van der Waals surface area contributed by atoms with E-state index in [1.54, 1.807) is 0 Å². The molecule has 0 radical (unpaired) electrons. The van der Waals surface area contributed by atoms with Crippen LogP contribution in [0.5, 0.6) is 0 Å². The van der Waals surface area contributed by atoms with Gasteiger partial charge in [-0.05, 0) is 113 Å². The van der Waals surface area contributed by atoms with Crippen LogP contribution >= 0.6 is 0 Å². The average molecular weight is 413 g/mol. The molecule has 0 aliphatic heterocycles. The summed E-state index contributed by atoms with van der Waals surface area (Å²) in [6.45, 7) is 16.5. The van der Waals surface area contributed by atoms with Gasteiger partial charge in [0.05, 0.1) is 6.10 Å². The van der Waals surface area contributed by atoms with Crippen LogP contribution in [0.25, 0.3) is 0 Å². The molecule has 3 saturated carbocycles. The fraction of sp³-hybridized carbons (Fsp3) is 0.793. The van der Waals surface area contributed by atoms with Crippen LogP contribution in [0.2, 0.25) is 0 Å². The van der Waals surface area contributed by atoms with Gasteiger partial charge in [-0.2, -0.15) is 0 Å². The van der Waals surface area contributed by atoms with Gasteiger partial charge in [-0.3, -0.25) is 0 Å². The third-order valence-electron chi connectivity index (χ3n) is 9.75. The Kier molecular flexibility index (Phi) is 7.13. The van der Waals surface area contributed by atoms with Crippen molar-refractivity contribution in [2.24, 2.45) is 34.0 Å². The molecule has 3 rings (SSSR count). The first-order chi connectivity index (χ1) is 14.0. The Morgan fingerprint density at radius 1 is 0.867 bits per heavy atom. The second-order valence-electron chi connectivity index (χ2n) is 12.2. The lowest BCUT2D eigenvalue weighted by Gasteiger charge is -2.62. The summed E-state index contributed by atoms with van der Waals surface area (Å²) < 4.78 is 0. The van der Waals surface area contributed by atoms with Crippen LogP contribution < -0.4 is 0 Å². The molecule has 1 heteroatoms. The molecule has 0 aromatic carbocycles. The number of allylic oxidation sites excluding steroid dienone is 6. The molecule has 0 aromatic rings. The lowest BCUT2D eigenvalue weighted by atomic mass is 9.43. The lowest BCUT2D eigenvalue weighted by molar-refractivity contribution is -0.165. The van der Waals surface area contributed by atoms with Crippen LogP contribution in [0.1, 0.15) is 106 Å². The molecule has 0 saturated heterocycles. The molecule has 0 bridgehead atoms. The number of rotatable bonds is 6. The summed E-state index contributed by atoms with van der Waals surface area (Å²) in [6, 6.07) is 0. The number of aliphatic hydroxyl groups is 1. The van der Waals surface area contributed by atoms with E-state index in [1.165, 1.54) is 56.1 Å². The second-order valence-corrected chi connectivity index (χ2v) is 12.2. The minimum Gasteiger partial charge on any atom is -0.393 e. The number of aliphatic hydroxyl groups excluding tert-OH is 1. The normalized spacial score (nSPS) is 40.9. The topological polar surface area (TPSA) is 20.2 Å². The Bertz CT molecular complexity index is 691. The smallest absolute Gasteiger partial charge is 0.0594 e. The van der Waals surface area contributed by atoms with E-state index in [4.69, 9.17) is 0 Å². The molecule has 30 heavy (non-hydrogen) atoms. The van der Waals surface area contributed by atoms with E-state index < -0.39 is 0 Å². The van der Waals surface area contributed by atoms with Crippen molar-refractivity contribution >= 4 is 0 Å². The van der Waals surface area contributed by atoms with E-state index in [2.05, 4.69) is 72.8 Å². The minimum absolute atomic E-state index is 0.0656. The fourth-order valence-electron chi connectivity index (χ4n) is 7.88. The standard InChI is InChI=1S/C29H48O/c1-21(2)11-10-13-22(3)12-8-9-14-23-15-16-25-28(23,6)19-17-24-27(4,5)26(30)18-20-29(24,25)7/h9,11-12,14,23-26,30H,8,10,13,15-20H2,1-7H3/b14-9-,22-12+/t23-,24+,25-,26+,28-,29+/m1/s1. The van der Waals surface area contributed by atoms with Crippen LogP contribution in [0.4, 0.5) is 0 Å². The highest BCUT2D eigenvalue weighted by Crippen LogP contribution is 2.69. The highest BCUT2D eigenvalue weighted by Gasteiger charge is 2.63. The van der Waals surface area contributed by atoms with Crippen molar-refractivity contribution in [3.05, 3.63) is 35.5 Å². The van der Waals surface area contributed by atoms with Gasteiger partial charge in [-0.15, -0.1) is 0 Å². The largest absolute Gasteiger partial charge is 0.393 e. The zero-order chi connectivity index (χ0) is 22.2. The van der Waals surface area contributed by atoms with Crippen LogP contribution in [-0.2, 0) is 0 Å². The van der Waals surface area contributed by atoms with Gasteiger partial charge in [-0.25, -0.2) is 0 Å². The van der Waals surface area contributed by atoms with Crippen LogP contribution in [-0.4, -0.2) is 11.2 Å². The predicted molar refractivity (Wildman–Crippen MR) is 130 cm³/mol. The van der Waals surface area contributed by atoms with Crippen molar-refractivity contribution in [3.63, 3.8) is 0 Å². The van der Waals surface area contributed by atoms with Crippen LogP contribution in [0, 0.1) is 34.0 Å². The number of hydrogen-bond acceptors (Lipinski definition) is 1. The molecule has 3 aliphatic rings. The highest BCUT2D eigenvalue weighted by atomic mass is 16.3.